The highest BCUT2D eigenvalue weighted by Gasteiger charge is 2.31. The molecule has 0 N–H and O–H groups in total. The van der Waals surface area contributed by atoms with Crippen molar-refractivity contribution in [3.8, 4) is 6.07 Å². The maximum atomic E-state index is 13.5. The SMILES string of the molecule is Cc1nn(C(C)(C)C)c2nc(C3CC3)cc(C(=O)N(C)c3cccc(C#N)c3)c12. The number of anilines is 1. The maximum absolute atomic E-state index is 13.5. The molecule has 6 nitrogen and oxygen atoms in total. The molecule has 0 spiro atoms. The number of hydrogen-bond donors (Lipinski definition) is 0. The summed E-state index contributed by atoms with van der Waals surface area (Å²) in [5.74, 6) is 0.299. The lowest BCUT2D eigenvalue weighted by molar-refractivity contribution is 0.0994. The zero-order chi connectivity index (χ0) is 20.9. The minimum Gasteiger partial charge on any atom is -0.311 e. The third-order valence-corrected chi connectivity index (χ3v) is 5.36. The molecule has 1 fully saturated rings. The van der Waals surface area contributed by atoms with Crippen LogP contribution in [0.4, 0.5) is 5.69 Å². The van der Waals surface area contributed by atoms with Gasteiger partial charge in [-0.1, -0.05) is 6.07 Å². The monoisotopic (exact) mass is 387 g/mol. The van der Waals surface area contributed by atoms with Gasteiger partial charge < -0.3 is 4.90 Å². The Morgan fingerprint density at radius 3 is 2.62 bits per heavy atom. The molecular formula is C23H25N5O. The molecule has 0 bridgehead atoms. The number of amides is 1. The highest BCUT2D eigenvalue weighted by molar-refractivity contribution is 6.13. The summed E-state index contributed by atoms with van der Waals surface area (Å²) < 4.78 is 1.93. The van der Waals surface area contributed by atoms with Crippen LogP contribution in [0.2, 0.25) is 0 Å². The van der Waals surface area contributed by atoms with E-state index in [-0.39, 0.29) is 11.4 Å². The molecule has 1 amide bonds. The number of benzene rings is 1. The first-order valence-corrected chi connectivity index (χ1v) is 9.89. The van der Waals surface area contributed by atoms with Gasteiger partial charge in [0.2, 0.25) is 0 Å². The molecular weight excluding hydrogens is 362 g/mol. The molecule has 1 saturated carbocycles. The molecule has 0 atom stereocenters. The molecule has 3 aromatic rings. The Morgan fingerprint density at radius 2 is 2.00 bits per heavy atom. The summed E-state index contributed by atoms with van der Waals surface area (Å²) in [5, 5.41) is 14.7. The standard InChI is InChI=1S/C23H25N5O/c1-14-20-18(22(29)27(5)17-8-6-7-15(11-17)13-24)12-19(16-9-10-16)25-21(20)28(26-14)23(2,3)4/h6-8,11-12,16H,9-10H2,1-5H3. The van der Waals surface area contributed by atoms with E-state index in [1.807, 2.05) is 23.7 Å². The van der Waals surface area contributed by atoms with Crippen molar-refractivity contribution < 1.29 is 4.79 Å². The Kier molecular flexibility index (Phi) is 4.42. The average molecular weight is 387 g/mol. The Labute approximate surface area is 170 Å². The van der Waals surface area contributed by atoms with Gasteiger partial charge in [0.15, 0.2) is 5.65 Å². The number of carbonyl (C=O) groups excluding carboxylic acids is 1. The van der Waals surface area contributed by atoms with Crippen molar-refractivity contribution in [2.24, 2.45) is 0 Å². The molecule has 0 radical (unpaired) electrons. The number of carbonyl (C=O) groups is 1. The summed E-state index contributed by atoms with van der Waals surface area (Å²) in [7, 11) is 1.74. The number of nitriles is 1. The molecule has 0 saturated heterocycles. The van der Waals surface area contributed by atoms with Crippen LogP contribution in [0.3, 0.4) is 0 Å². The summed E-state index contributed by atoms with van der Waals surface area (Å²) in [6, 6.07) is 11.2. The van der Waals surface area contributed by atoms with Crippen LogP contribution >= 0.6 is 0 Å². The van der Waals surface area contributed by atoms with Gasteiger partial charge in [0, 0.05) is 24.3 Å². The molecule has 0 unspecified atom stereocenters. The molecule has 2 aromatic heterocycles. The van der Waals surface area contributed by atoms with E-state index >= 15 is 0 Å². The lowest BCUT2D eigenvalue weighted by atomic mass is 10.1. The Morgan fingerprint density at radius 1 is 1.28 bits per heavy atom. The second-order valence-electron chi connectivity index (χ2n) is 8.76. The first-order valence-electron chi connectivity index (χ1n) is 9.89. The molecule has 148 valence electrons. The van der Waals surface area contributed by atoms with Crippen LogP contribution in [0.25, 0.3) is 11.0 Å². The Bertz CT molecular complexity index is 1160. The van der Waals surface area contributed by atoms with Crippen molar-refractivity contribution in [3.63, 3.8) is 0 Å². The Hall–Kier alpha value is -3.20. The van der Waals surface area contributed by atoms with Crippen LogP contribution in [0.15, 0.2) is 30.3 Å². The van der Waals surface area contributed by atoms with Crippen molar-refractivity contribution in [1.82, 2.24) is 14.8 Å². The maximum Gasteiger partial charge on any atom is 0.258 e. The van der Waals surface area contributed by atoms with Gasteiger partial charge in [0.05, 0.1) is 33.8 Å². The van der Waals surface area contributed by atoms with Crippen LogP contribution in [0.1, 0.15) is 66.8 Å². The molecule has 29 heavy (non-hydrogen) atoms. The topological polar surface area (TPSA) is 74.8 Å². The van der Waals surface area contributed by atoms with Crippen LogP contribution < -0.4 is 4.90 Å². The number of hydrogen-bond acceptors (Lipinski definition) is 4. The lowest BCUT2D eigenvalue weighted by Gasteiger charge is -2.21. The van der Waals surface area contributed by atoms with Crippen molar-refractivity contribution in [2.45, 2.75) is 52.0 Å². The first kappa shape index (κ1) is 19.1. The van der Waals surface area contributed by atoms with Gasteiger partial charge >= 0.3 is 0 Å². The van der Waals surface area contributed by atoms with E-state index in [0.29, 0.717) is 22.7 Å². The zero-order valence-corrected chi connectivity index (χ0v) is 17.5. The quantitative estimate of drug-likeness (QED) is 0.662. The predicted molar refractivity (Wildman–Crippen MR) is 113 cm³/mol. The third kappa shape index (κ3) is 3.38. The summed E-state index contributed by atoms with van der Waals surface area (Å²) in [4.78, 5) is 20.1. The van der Waals surface area contributed by atoms with Gasteiger partial charge in [-0.2, -0.15) is 10.4 Å². The zero-order valence-electron chi connectivity index (χ0n) is 17.5. The second-order valence-corrected chi connectivity index (χ2v) is 8.76. The van der Waals surface area contributed by atoms with Crippen molar-refractivity contribution in [1.29, 1.82) is 5.26 Å². The number of aryl methyl sites for hydroxylation is 1. The first-order chi connectivity index (χ1) is 13.7. The summed E-state index contributed by atoms with van der Waals surface area (Å²) in [6.07, 6.45) is 2.21. The third-order valence-electron chi connectivity index (χ3n) is 5.36. The van der Waals surface area contributed by atoms with Crippen molar-refractivity contribution in [3.05, 3.63) is 52.8 Å². The van der Waals surface area contributed by atoms with Gasteiger partial charge in [-0.3, -0.25) is 4.79 Å². The molecule has 4 rings (SSSR count). The van der Waals surface area contributed by atoms with Gasteiger partial charge in [0.25, 0.3) is 5.91 Å². The summed E-state index contributed by atoms with van der Waals surface area (Å²) in [5.41, 5.74) is 4.12. The fourth-order valence-corrected chi connectivity index (χ4v) is 3.61. The van der Waals surface area contributed by atoms with E-state index in [4.69, 9.17) is 10.1 Å². The molecule has 1 aromatic carbocycles. The van der Waals surface area contributed by atoms with Gasteiger partial charge in [-0.05, 0) is 64.8 Å². The highest BCUT2D eigenvalue weighted by Crippen LogP contribution is 2.41. The molecule has 1 aliphatic carbocycles. The summed E-state index contributed by atoms with van der Waals surface area (Å²) in [6.45, 7) is 8.19. The van der Waals surface area contributed by atoms with E-state index in [1.54, 1.807) is 30.1 Å². The Balaban J connectivity index is 1.89. The number of rotatable bonds is 3. The van der Waals surface area contributed by atoms with Gasteiger partial charge in [0.1, 0.15) is 0 Å². The number of aromatic nitrogens is 3. The van der Waals surface area contributed by atoms with Crippen LogP contribution in [0.5, 0.6) is 0 Å². The van der Waals surface area contributed by atoms with Gasteiger partial charge in [-0.15, -0.1) is 0 Å². The van der Waals surface area contributed by atoms with Crippen LogP contribution in [-0.4, -0.2) is 27.7 Å². The second kappa shape index (κ2) is 6.70. The fraction of sp³-hybridized carbons (Fsp3) is 0.391. The molecule has 1 aliphatic rings. The largest absolute Gasteiger partial charge is 0.311 e. The van der Waals surface area contributed by atoms with Crippen LogP contribution in [-0.2, 0) is 5.54 Å². The number of nitrogens with zero attached hydrogens (tertiary/aromatic N) is 5. The molecule has 0 aliphatic heterocycles. The van der Waals surface area contributed by atoms with Crippen molar-refractivity contribution >= 4 is 22.6 Å². The van der Waals surface area contributed by atoms with E-state index < -0.39 is 0 Å². The smallest absolute Gasteiger partial charge is 0.258 e. The van der Waals surface area contributed by atoms with E-state index in [2.05, 4.69) is 26.8 Å². The predicted octanol–water partition coefficient (Wildman–Crippen LogP) is 4.52. The highest BCUT2D eigenvalue weighted by atomic mass is 16.2. The van der Waals surface area contributed by atoms with E-state index in [0.717, 1.165) is 35.3 Å². The molecule has 6 heteroatoms. The van der Waals surface area contributed by atoms with E-state index in [1.165, 1.54) is 0 Å². The van der Waals surface area contributed by atoms with E-state index in [9.17, 15) is 10.1 Å². The normalized spacial score (nSPS) is 14.1. The van der Waals surface area contributed by atoms with Crippen molar-refractivity contribution in [2.75, 3.05) is 11.9 Å². The summed E-state index contributed by atoms with van der Waals surface area (Å²) >= 11 is 0. The minimum atomic E-state index is -0.241. The minimum absolute atomic E-state index is 0.119. The van der Waals surface area contributed by atoms with Crippen LogP contribution in [0, 0.1) is 18.3 Å². The number of fused-ring (bicyclic) bond motifs is 1. The molecule has 2 heterocycles. The van der Waals surface area contributed by atoms with Gasteiger partial charge in [-0.25, -0.2) is 9.67 Å². The average Bonchev–Trinajstić information content (AvgIpc) is 3.49. The number of pyridine rings is 1. The lowest BCUT2D eigenvalue weighted by Crippen LogP contribution is -2.27. The fourth-order valence-electron chi connectivity index (χ4n) is 3.61.